The second-order valence-electron chi connectivity index (χ2n) is 5.24. The predicted molar refractivity (Wildman–Crippen MR) is 76.3 cm³/mol. The van der Waals surface area contributed by atoms with E-state index in [1.807, 2.05) is 6.92 Å². The number of rotatable bonds is 3. The predicted octanol–water partition coefficient (Wildman–Crippen LogP) is 1.47. The standard InChI is InChI=1S/C16H18FNO3/c1-16(7-3-9-21-16)11-18-15(20)13-6-5-12(4-2-8-19)14(17)10-13/h5-6,10,19H,3,7-9,11H2,1H3,(H,18,20). The second kappa shape index (κ2) is 6.70. The minimum absolute atomic E-state index is 0.159. The molecule has 0 aliphatic carbocycles. The number of carbonyl (C=O) groups excluding carboxylic acids is 1. The summed E-state index contributed by atoms with van der Waals surface area (Å²) in [5.41, 5.74) is 0.0659. The van der Waals surface area contributed by atoms with Crippen LogP contribution in [0.5, 0.6) is 0 Å². The van der Waals surface area contributed by atoms with Crippen molar-refractivity contribution in [3.05, 3.63) is 35.1 Å². The first-order valence-corrected chi connectivity index (χ1v) is 6.85. The Morgan fingerprint density at radius 3 is 3.00 bits per heavy atom. The van der Waals surface area contributed by atoms with Crippen LogP contribution in [-0.2, 0) is 4.74 Å². The van der Waals surface area contributed by atoms with Gasteiger partial charge in [0.1, 0.15) is 12.4 Å². The lowest BCUT2D eigenvalue weighted by Gasteiger charge is -2.23. The molecule has 1 atom stereocenters. The number of carbonyl (C=O) groups is 1. The highest BCUT2D eigenvalue weighted by Crippen LogP contribution is 2.24. The molecule has 1 aliphatic rings. The molecule has 0 aromatic heterocycles. The van der Waals surface area contributed by atoms with Crippen LogP contribution >= 0.6 is 0 Å². The summed E-state index contributed by atoms with van der Waals surface area (Å²) in [6.45, 7) is 2.73. The van der Waals surface area contributed by atoms with Gasteiger partial charge in [-0.2, -0.15) is 0 Å². The summed E-state index contributed by atoms with van der Waals surface area (Å²) in [5, 5.41) is 11.4. The number of aliphatic hydroxyl groups excluding tert-OH is 1. The minimum atomic E-state index is -0.577. The number of ether oxygens (including phenoxy) is 1. The van der Waals surface area contributed by atoms with Gasteiger partial charge >= 0.3 is 0 Å². The summed E-state index contributed by atoms with van der Waals surface area (Å²) >= 11 is 0. The summed E-state index contributed by atoms with van der Waals surface area (Å²) in [6, 6.07) is 4.09. The molecule has 4 nitrogen and oxygen atoms in total. The van der Waals surface area contributed by atoms with Gasteiger partial charge in [0.15, 0.2) is 0 Å². The van der Waals surface area contributed by atoms with Crippen LogP contribution in [0, 0.1) is 17.7 Å². The Morgan fingerprint density at radius 1 is 1.57 bits per heavy atom. The maximum absolute atomic E-state index is 13.8. The fourth-order valence-electron chi connectivity index (χ4n) is 2.24. The summed E-state index contributed by atoms with van der Waals surface area (Å²) in [6.07, 6.45) is 1.89. The number of amides is 1. The molecule has 1 heterocycles. The molecule has 0 radical (unpaired) electrons. The minimum Gasteiger partial charge on any atom is -0.384 e. The van der Waals surface area contributed by atoms with Crippen molar-refractivity contribution in [2.24, 2.45) is 0 Å². The molecule has 112 valence electrons. The quantitative estimate of drug-likeness (QED) is 0.829. The van der Waals surface area contributed by atoms with Gasteiger partial charge in [-0.05, 0) is 38.0 Å². The lowest BCUT2D eigenvalue weighted by Crippen LogP contribution is -2.40. The van der Waals surface area contributed by atoms with Crippen molar-refractivity contribution in [3.8, 4) is 11.8 Å². The number of hydrogen-bond donors (Lipinski definition) is 2. The maximum Gasteiger partial charge on any atom is 0.251 e. The van der Waals surface area contributed by atoms with Gasteiger partial charge in [-0.15, -0.1) is 0 Å². The highest BCUT2D eigenvalue weighted by Gasteiger charge is 2.30. The highest BCUT2D eigenvalue weighted by molar-refractivity contribution is 5.94. The van der Waals surface area contributed by atoms with E-state index in [1.54, 1.807) is 0 Å². The molecule has 2 rings (SSSR count). The molecule has 1 amide bonds. The van der Waals surface area contributed by atoms with Crippen molar-refractivity contribution in [1.29, 1.82) is 0 Å². The van der Waals surface area contributed by atoms with Crippen molar-refractivity contribution < 1.29 is 19.0 Å². The van der Waals surface area contributed by atoms with Gasteiger partial charge in [0.2, 0.25) is 0 Å². The van der Waals surface area contributed by atoms with E-state index in [2.05, 4.69) is 17.2 Å². The van der Waals surface area contributed by atoms with Gasteiger partial charge in [0, 0.05) is 18.7 Å². The number of hydrogen-bond acceptors (Lipinski definition) is 3. The summed E-state index contributed by atoms with van der Waals surface area (Å²) in [5.74, 6) is 3.94. The Hall–Kier alpha value is -1.90. The average Bonchev–Trinajstić information content (AvgIpc) is 2.91. The molecule has 1 unspecified atom stereocenters. The largest absolute Gasteiger partial charge is 0.384 e. The van der Waals surface area contributed by atoms with Crippen molar-refractivity contribution in [3.63, 3.8) is 0 Å². The van der Waals surface area contributed by atoms with Crippen LogP contribution in [-0.4, -0.2) is 36.4 Å². The lowest BCUT2D eigenvalue weighted by atomic mass is 10.0. The Morgan fingerprint density at radius 2 is 2.38 bits per heavy atom. The van der Waals surface area contributed by atoms with Gasteiger partial charge in [0.05, 0.1) is 11.2 Å². The van der Waals surface area contributed by atoms with Gasteiger partial charge in [-0.3, -0.25) is 4.79 Å². The zero-order valence-corrected chi connectivity index (χ0v) is 11.9. The van der Waals surface area contributed by atoms with E-state index in [0.717, 1.165) is 18.9 Å². The van der Waals surface area contributed by atoms with Crippen LogP contribution in [0.3, 0.4) is 0 Å². The monoisotopic (exact) mass is 291 g/mol. The average molecular weight is 291 g/mol. The molecule has 1 aliphatic heterocycles. The molecular weight excluding hydrogens is 273 g/mol. The number of nitrogens with one attached hydrogen (secondary N) is 1. The fraction of sp³-hybridized carbons (Fsp3) is 0.438. The molecular formula is C16H18FNO3. The molecule has 5 heteroatoms. The van der Waals surface area contributed by atoms with Crippen molar-refractivity contribution in [2.75, 3.05) is 19.8 Å². The van der Waals surface area contributed by atoms with Crippen molar-refractivity contribution in [1.82, 2.24) is 5.32 Å². The molecule has 0 spiro atoms. The van der Waals surface area contributed by atoms with Crippen molar-refractivity contribution >= 4 is 5.91 Å². The van der Waals surface area contributed by atoms with E-state index in [9.17, 15) is 9.18 Å². The zero-order valence-electron chi connectivity index (χ0n) is 11.9. The molecule has 1 aromatic rings. The normalized spacial score (nSPS) is 20.7. The molecule has 21 heavy (non-hydrogen) atoms. The Balaban J connectivity index is 2.01. The molecule has 0 saturated carbocycles. The Bertz CT molecular complexity index is 583. The number of halogens is 1. The Labute approximate surface area is 123 Å². The van der Waals surface area contributed by atoms with E-state index < -0.39 is 5.82 Å². The first kappa shape index (κ1) is 15.5. The van der Waals surface area contributed by atoms with E-state index in [4.69, 9.17) is 9.84 Å². The van der Waals surface area contributed by atoms with E-state index >= 15 is 0 Å². The maximum atomic E-state index is 13.8. The zero-order chi connectivity index (χ0) is 15.3. The third-order valence-corrected chi connectivity index (χ3v) is 3.46. The van der Waals surface area contributed by atoms with Crippen LogP contribution in [0.25, 0.3) is 0 Å². The first-order chi connectivity index (χ1) is 10.0. The third kappa shape index (κ3) is 4.03. The summed E-state index contributed by atoms with van der Waals surface area (Å²) in [4.78, 5) is 12.0. The molecule has 1 aromatic carbocycles. The molecule has 1 saturated heterocycles. The van der Waals surface area contributed by atoms with E-state index in [1.165, 1.54) is 12.1 Å². The number of benzene rings is 1. The van der Waals surface area contributed by atoms with Crippen LogP contribution in [0.4, 0.5) is 4.39 Å². The van der Waals surface area contributed by atoms with Gasteiger partial charge in [-0.25, -0.2) is 4.39 Å². The van der Waals surface area contributed by atoms with Crippen LogP contribution in [0.1, 0.15) is 35.7 Å². The third-order valence-electron chi connectivity index (χ3n) is 3.46. The number of aliphatic hydroxyl groups is 1. The van der Waals surface area contributed by atoms with Gasteiger partial charge in [0.25, 0.3) is 5.91 Å². The fourth-order valence-corrected chi connectivity index (χ4v) is 2.24. The molecule has 0 bridgehead atoms. The van der Waals surface area contributed by atoms with Crippen LogP contribution < -0.4 is 5.32 Å². The summed E-state index contributed by atoms with van der Waals surface area (Å²) in [7, 11) is 0. The van der Waals surface area contributed by atoms with Crippen molar-refractivity contribution in [2.45, 2.75) is 25.4 Å². The Kier molecular flexibility index (Phi) is 4.94. The second-order valence-corrected chi connectivity index (χ2v) is 5.24. The molecule has 1 fully saturated rings. The topological polar surface area (TPSA) is 58.6 Å². The SMILES string of the molecule is CC1(CNC(=O)c2ccc(C#CCO)c(F)c2)CCCO1. The molecule has 2 N–H and O–H groups in total. The summed E-state index contributed by atoms with van der Waals surface area (Å²) < 4.78 is 19.3. The first-order valence-electron chi connectivity index (χ1n) is 6.85. The van der Waals surface area contributed by atoms with Gasteiger partial charge < -0.3 is 15.2 Å². The van der Waals surface area contributed by atoms with Crippen LogP contribution in [0.15, 0.2) is 18.2 Å². The van der Waals surface area contributed by atoms with E-state index in [0.29, 0.717) is 13.2 Å². The highest BCUT2D eigenvalue weighted by atomic mass is 19.1. The van der Waals surface area contributed by atoms with E-state index in [-0.39, 0.29) is 29.2 Å². The van der Waals surface area contributed by atoms with Gasteiger partial charge in [-0.1, -0.05) is 11.8 Å². The van der Waals surface area contributed by atoms with Crippen LogP contribution in [0.2, 0.25) is 0 Å². The lowest BCUT2D eigenvalue weighted by molar-refractivity contribution is 0.0206. The smallest absolute Gasteiger partial charge is 0.251 e.